The van der Waals surface area contributed by atoms with E-state index in [9.17, 15) is 13.2 Å². The number of amides is 2. The SMILES string of the molecule is O=C(Nc1ccc(S(=O)(=O)N2CCN(c3cccc(Cl)c3)CC2)cc1)N1CCCCC1. The van der Waals surface area contributed by atoms with Crippen LogP contribution in [-0.4, -0.2) is 62.9 Å². The summed E-state index contributed by atoms with van der Waals surface area (Å²) >= 11 is 6.07. The van der Waals surface area contributed by atoms with E-state index in [1.165, 1.54) is 4.31 Å². The summed E-state index contributed by atoms with van der Waals surface area (Å²) in [5.74, 6) is 0. The van der Waals surface area contributed by atoms with Gasteiger partial charge in [-0.1, -0.05) is 17.7 Å². The zero-order valence-corrected chi connectivity index (χ0v) is 18.9. The lowest BCUT2D eigenvalue weighted by molar-refractivity contribution is 0.200. The van der Waals surface area contributed by atoms with Crippen molar-refractivity contribution in [1.82, 2.24) is 9.21 Å². The van der Waals surface area contributed by atoms with Crippen molar-refractivity contribution in [3.8, 4) is 0 Å². The molecule has 2 aromatic carbocycles. The number of piperidine rings is 1. The number of likely N-dealkylation sites (tertiary alicyclic amines) is 1. The highest BCUT2D eigenvalue weighted by Crippen LogP contribution is 2.24. The highest BCUT2D eigenvalue weighted by Gasteiger charge is 2.28. The van der Waals surface area contributed by atoms with E-state index < -0.39 is 10.0 Å². The van der Waals surface area contributed by atoms with E-state index in [2.05, 4.69) is 10.2 Å². The van der Waals surface area contributed by atoms with Crippen LogP contribution in [0.15, 0.2) is 53.4 Å². The molecule has 0 unspecified atom stereocenters. The van der Waals surface area contributed by atoms with Crippen molar-refractivity contribution in [1.29, 1.82) is 0 Å². The molecule has 31 heavy (non-hydrogen) atoms. The number of piperazine rings is 1. The van der Waals surface area contributed by atoms with Gasteiger partial charge in [0.05, 0.1) is 4.90 Å². The van der Waals surface area contributed by atoms with Crippen molar-refractivity contribution in [2.24, 2.45) is 0 Å². The first-order valence-electron chi connectivity index (χ1n) is 10.6. The summed E-state index contributed by atoms with van der Waals surface area (Å²) in [5.41, 5.74) is 1.60. The summed E-state index contributed by atoms with van der Waals surface area (Å²) in [6.45, 7) is 3.54. The van der Waals surface area contributed by atoms with Gasteiger partial charge >= 0.3 is 6.03 Å². The van der Waals surface area contributed by atoms with Gasteiger partial charge < -0.3 is 15.1 Å². The van der Waals surface area contributed by atoms with Gasteiger partial charge in [-0.25, -0.2) is 13.2 Å². The molecule has 4 rings (SSSR count). The van der Waals surface area contributed by atoms with Gasteiger partial charge in [-0.05, 0) is 61.7 Å². The van der Waals surface area contributed by atoms with E-state index in [0.717, 1.165) is 38.0 Å². The number of halogens is 1. The predicted molar refractivity (Wildman–Crippen MR) is 123 cm³/mol. The molecule has 7 nitrogen and oxygen atoms in total. The van der Waals surface area contributed by atoms with Crippen molar-refractivity contribution in [2.45, 2.75) is 24.2 Å². The van der Waals surface area contributed by atoms with E-state index in [1.807, 2.05) is 24.3 Å². The van der Waals surface area contributed by atoms with Crippen molar-refractivity contribution in [2.75, 3.05) is 49.5 Å². The molecule has 0 aromatic heterocycles. The number of carbonyl (C=O) groups excluding carboxylic acids is 1. The highest BCUT2D eigenvalue weighted by atomic mass is 35.5. The number of rotatable bonds is 4. The van der Waals surface area contributed by atoms with Gasteiger partial charge in [0, 0.05) is 55.7 Å². The lowest BCUT2D eigenvalue weighted by Gasteiger charge is -2.35. The van der Waals surface area contributed by atoms with E-state index in [-0.39, 0.29) is 10.9 Å². The molecule has 166 valence electrons. The second kappa shape index (κ2) is 9.46. The smallest absolute Gasteiger partial charge is 0.321 e. The molecular formula is C22H27ClN4O3S. The Morgan fingerprint density at radius 1 is 0.871 bits per heavy atom. The molecular weight excluding hydrogens is 436 g/mol. The third-order valence-electron chi connectivity index (χ3n) is 5.80. The largest absolute Gasteiger partial charge is 0.369 e. The number of nitrogens with zero attached hydrogens (tertiary/aromatic N) is 3. The maximum absolute atomic E-state index is 13.1. The van der Waals surface area contributed by atoms with E-state index in [1.54, 1.807) is 29.2 Å². The lowest BCUT2D eigenvalue weighted by atomic mass is 10.1. The first-order chi connectivity index (χ1) is 14.9. The Labute approximate surface area is 188 Å². The highest BCUT2D eigenvalue weighted by molar-refractivity contribution is 7.89. The fourth-order valence-electron chi connectivity index (χ4n) is 4.02. The minimum atomic E-state index is -3.58. The first kappa shape index (κ1) is 21.9. The Morgan fingerprint density at radius 3 is 2.19 bits per heavy atom. The number of anilines is 2. The maximum Gasteiger partial charge on any atom is 0.321 e. The van der Waals surface area contributed by atoms with Crippen molar-refractivity contribution in [3.63, 3.8) is 0 Å². The molecule has 2 aromatic rings. The number of urea groups is 1. The summed E-state index contributed by atoms with van der Waals surface area (Å²) in [7, 11) is -3.58. The minimum Gasteiger partial charge on any atom is -0.369 e. The van der Waals surface area contributed by atoms with Gasteiger partial charge in [0.15, 0.2) is 0 Å². The molecule has 2 aliphatic rings. The Kier molecular flexibility index (Phi) is 6.69. The summed E-state index contributed by atoms with van der Waals surface area (Å²) in [5, 5.41) is 3.53. The van der Waals surface area contributed by atoms with Gasteiger partial charge in [-0.3, -0.25) is 0 Å². The summed E-state index contributed by atoms with van der Waals surface area (Å²) in [6, 6.07) is 13.9. The first-order valence-corrected chi connectivity index (χ1v) is 12.4. The van der Waals surface area contributed by atoms with Crippen LogP contribution in [0.5, 0.6) is 0 Å². The monoisotopic (exact) mass is 462 g/mol. The van der Waals surface area contributed by atoms with Crippen LogP contribution in [0, 0.1) is 0 Å². The molecule has 9 heteroatoms. The molecule has 0 spiro atoms. The average Bonchev–Trinajstić information content (AvgIpc) is 2.80. The van der Waals surface area contributed by atoms with Gasteiger partial charge in [0.2, 0.25) is 10.0 Å². The molecule has 2 aliphatic heterocycles. The quantitative estimate of drug-likeness (QED) is 0.748. The molecule has 2 fully saturated rings. The van der Waals surface area contributed by atoms with Crippen molar-refractivity contribution in [3.05, 3.63) is 53.6 Å². The number of sulfonamides is 1. The molecule has 2 heterocycles. The molecule has 0 bridgehead atoms. The van der Waals surface area contributed by atoms with Crippen LogP contribution in [0.4, 0.5) is 16.2 Å². The normalized spacial score (nSPS) is 18.1. The number of hydrogen-bond donors (Lipinski definition) is 1. The molecule has 0 radical (unpaired) electrons. The van der Waals surface area contributed by atoms with E-state index in [0.29, 0.717) is 36.9 Å². The third-order valence-corrected chi connectivity index (χ3v) is 7.95. The van der Waals surface area contributed by atoms with Crippen LogP contribution in [0.2, 0.25) is 5.02 Å². The minimum absolute atomic E-state index is 0.132. The van der Waals surface area contributed by atoms with Crippen LogP contribution in [-0.2, 0) is 10.0 Å². The molecule has 2 amide bonds. The van der Waals surface area contributed by atoms with Crippen molar-refractivity contribution < 1.29 is 13.2 Å². The number of benzene rings is 2. The van der Waals surface area contributed by atoms with Crippen LogP contribution >= 0.6 is 11.6 Å². The van der Waals surface area contributed by atoms with Crippen LogP contribution in [0.25, 0.3) is 0 Å². The fraction of sp³-hybridized carbons (Fsp3) is 0.409. The topological polar surface area (TPSA) is 73.0 Å². The lowest BCUT2D eigenvalue weighted by Crippen LogP contribution is -2.48. The average molecular weight is 463 g/mol. The Morgan fingerprint density at radius 2 is 1.55 bits per heavy atom. The zero-order chi connectivity index (χ0) is 21.8. The van der Waals surface area contributed by atoms with Gasteiger partial charge in [0.1, 0.15) is 0 Å². The second-order valence-corrected chi connectivity index (χ2v) is 10.2. The van der Waals surface area contributed by atoms with Crippen molar-refractivity contribution >= 4 is 39.0 Å². The number of carbonyl (C=O) groups is 1. The summed E-state index contributed by atoms with van der Waals surface area (Å²) < 4.78 is 27.6. The summed E-state index contributed by atoms with van der Waals surface area (Å²) in [6.07, 6.45) is 3.20. The molecule has 1 N–H and O–H groups in total. The molecule has 0 aliphatic carbocycles. The maximum atomic E-state index is 13.1. The third kappa shape index (κ3) is 5.14. The molecule has 0 atom stereocenters. The summed E-state index contributed by atoms with van der Waals surface area (Å²) in [4.78, 5) is 16.5. The van der Waals surface area contributed by atoms with E-state index >= 15 is 0 Å². The Balaban J connectivity index is 1.37. The predicted octanol–water partition coefficient (Wildman–Crippen LogP) is 3.87. The van der Waals surface area contributed by atoms with E-state index in [4.69, 9.17) is 11.6 Å². The standard InChI is InChI=1S/C22H27ClN4O3S/c23-18-5-4-6-20(17-18)25-13-15-27(16-14-25)31(29,30)21-9-7-19(8-10-21)24-22(28)26-11-2-1-3-12-26/h4-10,17H,1-3,11-16H2,(H,24,28). The second-order valence-electron chi connectivity index (χ2n) is 7.87. The Hall–Kier alpha value is -2.29. The zero-order valence-electron chi connectivity index (χ0n) is 17.3. The van der Waals surface area contributed by atoms with Gasteiger partial charge in [-0.15, -0.1) is 0 Å². The van der Waals surface area contributed by atoms with Crippen LogP contribution in [0.3, 0.4) is 0 Å². The van der Waals surface area contributed by atoms with Gasteiger partial charge in [0.25, 0.3) is 0 Å². The Bertz CT molecular complexity index is 1020. The van der Waals surface area contributed by atoms with Gasteiger partial charge in [-0.2, -0.15) is 4.31 Å². The molecule has 0 saturated carbocycles. The van der Waals surface area contributed by atoms with Crippen LogP contribution < -0.4 is 10.2 Å². The molecule has 2 saturated heterocycles. The number of hydrogen-bond acceptors (Lipinski definition) is 4. The van der Waals surface area contributed by atoms with Crippen LogP contribution in [0.1, 0.15) is 19.3 Å². The fourth-order valence-corrected chi connectivity index (χ4v) is 5.63. The number of nitrogens with one attached hydrogen (secondary N) is 1.